The smallest absolute Gasteiger partial charge is 0.0702 e. The molecule has 0 fully saturated rings. The lowest BCUT2D eigenvalue weighted by molar-refractivity contribution is 0.299. The van der Waals surface area contributed by atoms with Crippen molar-refractivity contribution in [2.75, 3.05) is 0 Å². The SMILES string of the molecule is Cc1ccc(-c2ccc3c(c2)-c2ccc(C)cc2C(C)(C)C3(C)C)nc1. The largest absolute Gasteiger partial charge is 0.256 e. The minimum absolute atomic E-state index is 0.0579. The van der Waals surface area contributed by atoms with Crippen molar-refractivity contribution < 1.29 is 0 Å². The third-order valence-electron chi connectivity index (χ3n) is 6.60. The van der Waals surface area contributed by atoms with Crippen LogP contribution in [0.4, 0.5) is 0 Å². The van der Waals surface area contributed by atoms with Gasteiger partial charge in [-0.05, 0) is 64.6 Å². The molecule has 0 saturated carbocycles. The summed E-state index contributed by atoms with van der Waals surface area (Å²) in [7, 11) is 0. The third-order valence-corrected chi connectivity index (χ3v) is 6.60. The molecule has 1 aromatic heterocycles. The summed E-state index contributed by atoms with van der Waals surface area (Å²) < 4.78 is 0. The fraction of sp³-hybridized carbons (Fsp3) is 0.320. The van der Waals surface area contributed by atoms with Gasteiger partial charge in [0, 0.05) is 11.8 Å². The molecule has 0 bridgehead atoms. The van der Waals surface area contributed by atoms with E-state index < -0.39 is 0 Å². The maximum atomic E-state index is 4.63. The Morgan fingerprint density at radius 2 is 1.35 bits per heavy atom. The second kappa shape index (κ2) is 5.54. The zero-order valence-corrected chi connectivity index (χ0v) is 16.6. The average molecular weight is 341 g/mol. The average Bonchev–Trinajstić information content (AvgIpc) is 2.60. The molecule has 4 rings (SSSR count). The van der Waals surface area contributed by atoms with Gasteiger partial charge >= 0.3 is 0 Å². The molecule has 2 aromatic carbocycles. The van der Waals surface area contributed by atoms with Gasteiger partial charge in [0.2, 0.25) is 0 Å². The topological polar surface area (TPSA) is 12.9 Å². The van der Waals surface area contributed by atoms with Gasteiger partial charge in [-0.1, -0.05) is 69.7 Å². The monoisotopic (exact) mass is 341 g/mol. The summed E-state index contributed by atoms with van der Waals surface area (Å²) in [5.74, 6) is 0. The van der Waals surface area contributed by atoms with Crippen molar-refractivity contribution >= 4 is 0 Å². The predicted octanol–water partition coefficient (Wildman–Crippen LogP) is 6.60. The van der Waals surface area contributed by atoms with Crippen LogP contribution in [0.25, 0.3) is 22.4 Å². The molecular weight excluding hydrogens is 314 g/mol. The van der Waals surface area contributed by atoms with Gasteiger partial charge in [0.05, 0.1) is 5.69 Å². The van der Waals surface area contributed by atoms with Crippen LogP contribution in [0.15, 0.2) is 54.7 Å². The first kappa shape index (κ1) is 17.0. The molecule has 26 heavy (non-hydrogen) atoms. The molecule has 1 nitrogen and oxygen atoms in total. The number of aryl methyl sites for hydroxylation is 2. The Morgan fingerprint density at radius 1 is 0.654 bits per heavy atom. The highest BCUT2D eigenvalue weighted by Crippen LogP contribution is 2.54. The molecule has 0 saturated heterocycles. The first-order chi connectivity index (χ1) is 12.2. The van der Waals surface area contributed by atoms with Crippen LogP contribution < -0.4 is 0 Å². The van der Waals surface area contributed by atoms with Crippen LogP contribution in [0.2, 0.25) is 0 Å². The Bertz CT molecular complexity index is 991. The Kier molecular flexibility index (Phi) is 3.63. The fourth-order valence-corrected chi connectivity index (χ4v) is 4.19. The maximum Gasteiger partial charge on any atom is 0.0702 e. The van der Waals surface area contributed by atoms with E-state index >= 15 is 0 Å². The Balaban J connectivity index is 1.98. The Labute approximate surface area is 157 Å². The Morgan fingerprint density at radius 3 is 2.04 bits per heavy atom. The summed E-state index contributed by atoms with van der Waals surface area (Å²) in [6.45, 7) is 13.8. The van der Waals surface area contributed by atoms with Gasteiger partial charge < -0.3 is 0 Å². The van der Waals surface area contributed by atoms with Gasteiger partial charge in [-0.2, -0.15) is 0 Å². The van der Waals surface area contributed by atoms with Crippen molar-refractivity contribution in [2.45, 2.75) is 52.4 Å². The second-order valence-corrected chi connectivity index (χ2v) is 8.78. The molecule has 0 aliphatic heterocycles. The second-order valence-electron chi connectivity index (χ2n) is 8.78. The fourth-order valence-electron chi connectivity index (χ4n) is 4.19. The molecule has 0 radical (unpaired) electrons. The molecule has 0 N–H and O–H groups in total. The van der Waals surface area contributed by atoms with Crippen LogP contribution in [0, 0.1) is 13.8 Å². The van der Waals surface area contributed by atoms with E-state index in [0.29, 0.717) is 0 Å². The summed E-state index contributed by atoms with van der Waals surface area (Å²) in [4.78, 5) is 4.63. The van der Waals surface area contributed by atoms with Crippen molar-refractivity contribution in [1.82, 2.24) is 4.98 Å². The number of rotatable bonds is 1. The van der Waals surface area contributed by atoms with E-state index in [1.807, 2.05) is 6.20 Å². The molecule has 0 amide bonds. The summed E-state index contributed by atoms with van der Waals surface area (Å²) >= 11 is 0. The number of fused-ring (bicyclic) bond motifs is 3. The molecule has 0 spiro atoms. The summed E-state index contributed by atoms with van der Waals surface area (Å²) in [5.41, 5.74) is 10.5. The number of hydrogen-bond acceptors (Lipinski definition) is 1. The summed E-state index contributed by atoms with van der Waals surface area (Å²) in [6, 6.07) is 18.0. The lowest BCUT2D eigenvalue weighted by Gasteiger charge is -2.48. The van der Waals surface area contributed by atoms with Gasteiger partial charge in [0.25, 0.3) is 0 Å². The van der Waals surface area contributed by atoms with Crippen LogP contribution in [-0.4, -0.2) is 4.98 Å². The molecule has 0 unspecified atom stereocenters. The number of benzene rings is 2. The molecule has 132 valence electrons. The molecule has 1 heteroatoms. The van der Waals surface area contributed by atoms with Gasteiger partial charge in [-0.3, -0.25) is 4.98 Å². The van der Waals surface area contributed by atoms with E-state index in [1.54, 1.807) is 0 Å². The highest BCUT2D eigenvalue weighted by molar-refractivity contribution is 5.81. The first-order valence-electron chi connectivity index (χ1n) is 9.41. The van der Waals surface area contributed by atoms with Gasteiger partial charge in [0.1, 0.15) is 0 Å². The van der Waals surface area contributed by atoms with E-state index in [2.05, 4.69) is 95.1 Å². The Hall–Kier alpha value is -2.41. The summed E-state index contributed by atoms with van der Waals surface area (Å²) in [5, 5.41) is 0. The molecule has 0 atom stereocenters. The summed E-state index contributed by atoms with van der Waals surface area (Å²) in [6.07, 6.45) is 1.94. The van der Waals surface area contributed by atoms with E-state index in [9.17, 15) is 0 Å². The number of aromatic nitrogens is 1. The van der Waals surface area contributed by atoms with Crippen LogP contribution >= 0.6 is 0 Å². The van der Waals surface area contributed by atoms with E-state index in [4.69, 9.17) is 0 Å². The van der Waals surface area contributed by atoms with E-state index in [-0.39, 0.29) is 10.8 Å². The van der Waals surface area contributed by atoms with Gasteiger partial charge in [0.15, 0.2) is 0 Å². The third kappa shape index (κ3) is 2.34. The molecule has 1 aliphatic rings. The molecular formula is C25H27N. The molecule has 1 aliphatic carbocycles. The van der Waals surface area contributed by atoms with Crippen LogP contribution in [0.3, 0.4) is 0 Å². The predicted molar refractivity (Wildman–Crippen MR) is 111 cm³/mol. The normalized spacial score (nSPS) is 16.7. The van der Waals surface area contributed by atoms with Crippen molar-refractivity contribution in [3.63, 3.8) is 0 Å². The first-order valence-corrected chi connectivity index (χ1v) is 9.41. The van der Waals surface area contributed by atoms with Crippen molar-refractivity contribution in [2.24, 2.45) is 0 Å². The lowest BCUT2D eigenvalue weighted by atomic mass is 9.55. The van der Waals surface area contributed by atoms with Gasteiger partial charge in [-0.25, -0.2) is 0 Å². The van der Waals surface area contributed by atoms with Crippen LogP contribution in [0.1, 0.15) is 49.9 Å². The quantitative estimate of drug-likeness (QED) is 0.486. The lowest BCUT2D eigenvalue weighted by Crippen LogP contribution is -2.43. The van der Waals surface area contributed by atoms with Crippen molar-refractivity contribution in [3.05, 3.63) is 77.0 Å². The minimum atomic E-state index is 0.0579. The number of hydrogen-bond donors (Lipinski definition) is 0. The maximum absolute atomic E-state index is 4.63. The van der Waals surface area contributed by atoms with Crippen molar-refractivity contribution in [1.29, 1.82) is 0 Å². The van der Waals surface area contributed by atoms with Gasteiger partial charge in [-0.15, -0.1) is 0 Å². The van der Waals surface area contributed by atoms with Crippen LogP contribution in [-0.2, 0) is 10.8 Å². The highest BCUT2D eigenvalue weighted by Gasteiger charge is 2.45. The number of nitrogens with zero attached hydrogens (tertiary/aromatic N) is 1. The van der Waals surface area contributed by atoms with Crippen LogP contribution in [0.5, 0.6) is 0 Å². The number of pyridine rings is 1. The standard InChI is InChI=1S/C25H27N/c1-16-7-10-19-20-14-18(23-12-8-17(2)15-26-23)9-11-21(20)24(3,4)25(5,6)22(19)13-16/h7-15H,1-6H3. The minimum Gasteiger partial charge on any atom is -0.256 e. The molecule has 3 aromatic rings. The van der Waals surface area contributed by atoms with E-state index in [1.165, 1.54) is 38.9 Å². The highest BCUT2D eigenvalue weighted by atomic mass is 14.7. The van der Waals surface area contributed by atoms with Crippen molar-refractivity contribution in [3.8, 4) is 22.4 Å². The zero-order valence-electron chi connectivity index (χ0n) is 16.6. The van der Waals surface area contributed by atoms with E-state index in [0.717, 1.165) is 5.69 Å². The molecule has 1 heterocycles. The zero-order chi connectivity index (χ0) is 18.7.